The summed E-state index contributed by atoms with van der Waals surface area (Å²) in [5.41, 5.74) is 1.10. The van der Waals surface area contributed by atoms with Crippen LogP contribution in [0.25, 0.3) is 0 Å². The van der Waals surface area contributed by atoms with Gasteiger partial charge in [-0.25, -0.2) is 12.7 Å². The molecule has 0 atom stereocenters. The van der Waals surface area contributed by atoms with Gasteiger partial charge in [-0.1, -0.05) is 31.4 Å². The number of hydrogen-bond acceptors (Lipinski definition) is 3. The molecule has 0 spiro atoms. The molecule has 0 N–H and O–H groups in total. The maximum Gasteiger partial charge on any atom is 0.242 e. The molecule has 0 unspecified atom stereocenters. The summed E-state index contributed by atoms with van der Waals surface area (Å²) in [4.78, 5) is 0.393. The molecule has 0 radical (unpaired) electrons. The molecule has 0 amide bonds. The highest BCUT2D eigenvalue weighted by Gasteiger charge is 2.18. The number of benzene rings is 1. The van der Waals surface area contributed by atoms with Gasteiger partial charge >= 0.3 is 0 Å². The molecule has 1 aliphatic carbocycles. The van der Waals surface area contributed by atoms with Gasteiger partial charge in [-0.05, 0) is 30.5 Å². The monoisotopic (exact) mass is 313 g/mol. The average Bonchev–Trinajstić information content (AvgIpc) is 2.46. The minimum atomic E-state index is -3.32. The molecule has 0 aromatic heterocycles. The summed E-state index contributed by atoms with van der Waals surface area (Å²) in [6.07, 6.45) is 6.66. The maximum absolute atomic E-state index is 12.1. The van der Waals surface area contributed by atoms with Crippen LogP contribution in [0, 0.1) is 0 Å². The summed E-state index contributed by atoms with van der Waals surface area (Å²) < 4.78 is 25.5. The third-order valence-corrected chi connectivity index (χ3v) is 6.97. The van der Waals surface area contributed by atoms with Crippen molar-refractivity contribution in [3.63, 3.8) is 0 Å². The minimum absolute atomic E-state index is 0.393. The van der Waals surface area contributed by atoms with Crippen molar-refractivity contribution in [3.8, 4) is 0 Å². The third kappa shape index (κ3) is 3.99. The molecular formula is C15H23NO2S2. The SMILES string of the molecule is CN(C)S(=O)(=O)c1cccc(CSC2CCCCC2)c1. The van der Waals surface area contributed by atoms with Crippen molar-refractivity contribution >= 4 is 21.8 Å². The standard InChI is InChI=1S/C15H23NO2S2/c1-16(2)20(17,18)15-10-6-7-13(11-15)12-19-14-8-4-3-5-9-14/h6-7,10-11,14H,3-5,8-9,12H2,1-2H3. The Bertz CT molecular complexity index is 535. The fraction of sp³-hybridized carbons (Fsp3) is 0.600. The number of rotatable bonds is 5. The molecule has 20 heavy (non-hydrogen) atoms. The van der Waals surface area contributed by atoms with Crippen LogP contribution < -0.4 is 0 Å². The maximum atomic E-state index is 12.1. The van der Waals surface area contributed by atoms with E-state index in [9.17, 15) is 8.42 Å². The van der Waals surface area contributed by atoms with E-state index in [1.54, 1.807) is 20.2 Å². The van der Waals surface area contributed by atoms with Crippen LogP contribution in [0.1, 0.15) is 37.7 Å². The molecule has 1 saturated carbocycles. The van der Waals surface area contributed by atoms with Gasteiger partial charge in [-0.2, -0.15) is 11.8 Å². The summed E-state index contributed by atoms with van der Waals surface area (Å²) in [7, 11) is -0.182. The average molecular weight is 313 g/mol. The lowest BCUT2D eigenvalue weighted by atomic mass is 10.0. The van der Waals surface area contributed by atoms with Crippen molar-refractivity contribution < 1.29 is 8.42 Å². The number of nitrogens with zero attached hydrogens (tertiary/aromatic N) is 1. The Morgan fingerprint density at radius 3 is 2.55 bits per heavy atom. The van der Waals surface area contributed by atoms with Crippen molar-refractivity contribution in [1.82, 2.24) is 4.31 Å². The van der Waals surface area contributed by atoms with Gasteiger partial charge in [0.25, 0.3) is 0 Å². The van der Waals surface area contributed by atoms with Gasteiger partial charge in [-0.15, -0.1) is 0 Å². The largest absolute Gasteiger partial charge is 0.242 e. The van der Waals surface area contributed by atoms with E-state index in [4.69, 9.17) is 0 Å². The van der Waals surface area contributed by atoms with Crippen LogP contribution in [-0.2, 0) is 15.8 Å². The molecule has 0 aliphatic heterocycles. The quantitative estimate of drug-likeness (QED) is 0.835. The molecule has 5 heteroatoms. The second-order valence-corrected chi connectivity index (χ2v) is 8.95. The van der Waals surface area contributed by atoms with E-state index in [2.05, 4.69) is 0 Å². The van der Waals surface area contributed by atoms with E-state index >= 15 is 0 Å². The zero-order valence-corrected chi connectivity index (χ0v) is 13.8. The van der Waals surface area contributed by atoms with E-state index in [-0.39, 0.29) is 0 Å². The van der Waals surface area contributed by atoms with Crippen LogP contribution in [0.3, 0.4) is 0 Å². The first kappa shape index (κ1) is 15.9. The Labute approximate surface area is 126 Å². The first-order valence-electron chi connectivity index (χ1n) is 7.13. The lowest BCUT2D eigenvalue weighted by molar-refractivity contribution is 0.516. The van der Waals surface area contributed by atoms with Crippen molar-refractivity contribution in [2.24, 2.45) is 0 Å². The normalized spacial score (nSPS) is 17.6. The lowest BCUT2D eigenvalue weighted by Crippen LogP contribution is -2.22. The Kier molecular flexibility index (Phi) is 5.52. The van der Waals surface area contributed by atoms with E-state index in [1.807, 2.05) is 30.0 Å². The highest BCUT2D eigenvalue weighted by molar-refractivity contribution is 7.99. The van der Waals surface area contributed by atoms with Crippen molar-refractivity contribution in [2.75, 3.05) is 14.1 Å². The summed E-state index contributed by atoms with van der Waals surface area (Å²) in [5, 5.41) is 0.748. The van der Waals surface area contributed by atoms with Gasteiger partial charge in [-0.3, -0.25) is 0 Å². The van der Waals surface area contributed by atoms with E-state index in [1.165, 1.54) is 36.4 Å². The summed E-state index contributed by atoms with van der Waals surface area (Å²) in [6, 6.07) is 7.34. The third-order valence-electron chi connectivity index (χ3n) is 3.71. The Morgan fingerprint density at radius 2 is 1.90 bits per heavy atom. The first-order chi connectivity index (χ1) is 9.50. The van der Waals surface area contributed by atoms with Crippen molar-refractivity contribution in [3.05, 3.63) is 29.8 Å². The Morgan fingerprint density at radius 1 is 1.20 bits per heavy atom. The topological polar surface area (TPSA) is 37.4 Å². The molecule has 0 heterocycles. The smallest absolute Gasteiger partial charge is 0.207 e. The molecule has 2 rings (SSSR count). The minimum Gasteiger partial charge on any atom is -0.207 e. The van der Waals surface area contributed by atoms with Crippen LogP contribution >= 0.6 is 11.8 Å². The van der Waals surface area contributed by atoms with E-state index in [0.717, 1.165) is 16.6 Å². The van der Waals surface area contributed by atoms with Crippen LogP contribution in [0.15, 0.2) is 29.2 Å². The van der Waals surface area contributed by atoms with Crippen LogP contribution in [0.4, 0.5) is 0 Å². The van der Waals surface area contributed by atoms with Crippen molar-refractivity contribution in [2.45, 2.75) is 48.0 Å². The van der Waals surface area contributed by atoms with Gasteiger partial charge < -0.3 is 0 Å². The van der Waals surface area contributed by atoms with Crippen LogP contribution in [0.5, 0.6) is 0 Å². The van der Waals surface area contributed by atoms with Gasteiger partial charge in [0.2, 0.25) is 10.0 Å². The van der Waals surface area contributed by atoms with Gasteiger partial charge in [0.1, 0.15) is 0 Å². The number of sulfonamides is 1. The van der Waals surface area contributed by atoms with E-state index in [0.29, 0.717) is 4.90 Å². The number of hydrogen-bond donors (Lipinski definition) is 0. The molecule has 0 saturated heterocycles. The van der Waals surface area contributed by atoms with Gasteiger partial charge in [0, 0.05) is 25.1 Å². The van der Waals surface area contributed by atoms with E-state index < -0.39 is 10.0 Å². The molecule has 112 valence electrons. The molecule has 1 aromatic carbocycles. The fourth-order valence-electron chi connectivity index (χ4n) is 2.45. The van der Waals surface area contributed by atoms with Crippen LogP contribution in [0.2, 0.25) is 0 Å². The highest BCUT2D eigenvalue weighted by Crippen LogP contribution is 2.30. The van der Waals surface area contributed by atoms with Crippen LogP contribution in [-0.4, -0.2) is 32.1 Å². The molecule has 1 aromatic rings. The second kappa shape index (κ2) is 6.96. The first-order valence-corrected chi connectivity index (χ1v) is 9.62. The summed E-state index contributed by atoms with van der Waals surface area (Å²) in [6.45, 7) is 0. The Balaban J connectivity index is 2.02. The predicted octanol–water partition coefficient (Wildman–Crippen LogP) is 3.50. The highest BCUT2D eigenvalue weighted by atomic mass is 32.2. The number of thioether (sulfide) groups is 1. The summed E-state index contributed by atoms with van der Waals surface area (Å²) in [5.74, 6) is 0.904. The molecule has 3 nitrogen and oxygen atoms in total. The predicted molar refractivity (Wildman–Crippen MR) is 85.5 cm³/mol. The van der Waals surface area contributed by atoms with Gasteiger partial charge in [0.05, 0.1) is 4.90 Å². The molecular weight excluding hydrogens is 290 g/mol. The Hall–Kier alpha value is -0.520. The lowest BCUT2D eigenvalue weighted by Gasteiger charge is -2.21. The van der Waals surface area contributed by atoms with Gasteiger partial charge in [0.15, 0.2) is 0 Å². The molecule has 1 fully saturated rings. The fourth-order valence-corrected chi connectivity index (χ4v) is 4.70. The summed E-state index contributed by atoms with van der Waals surface area (Å²) >= 11 is 1.97. The molecule has 0 bridgehead atoms. The zero-order valence-electron chi connectivity index (χ0n) is 12.2. The zero-order chi connectivity index (χ0) is 14.6. The second-order valence-electron chi connectivity index (χ2n) is 5.51. The van der Waals surface area contributed by atoms with Crippen molar-refractivity contribution in [1.29, 1.82) is 0 Å². The molecule has 1 aliphatic rings.